The number of ether oxygens (including phenoxy) is 1. The van der Waals surface area contributed by atoms with Crippen molar-refractivity contribution < 1.29 is 14.4 Å². The zero-order valence-corrected chi connectivity index (χ0v) is 12.2. The van der Waals surface area contributed by atoms with E-state index in [1.807, 2.05) is 12.1 Å². The zero-order chi connectivity index (χ0) is 13.7. The fourth-order valence-electron chi connectivity index (χ4n) is 1.58. The third-order valence-electron chi connectivity index (χ3n) is 2.53. The lowest BCUT2D eigenvalue weighted by molar-refractivity contribution is 0.240. The standard InChI is InChI=1S/C13H15BrN2O3/c1-2-3-12-15-13(19-16-12)8-18-10-4-5-11(14)9(6-10)7-17/h4-6,17H,2-3,7-8H2,1H3. The number of nitrogens with zero attached hydrogens (tertiary/aromatic N) is 2. The molecular weight excluding hydrogens is 312 g/mol. The zero-order valence-electron chi connectivity index (χ0n) is 10.6. The molecule has 2 rings (SSSR count). The number of benzene rings is 1. The molecule has 0 bridgehead atoms. The Bertz CT molecular complexity index is 542. The normalized spacial score (nSPS) is 10.7. The molecule has 0 atom stereocenters. The highest BCUT2D eigenvalue weighted by Crippen LogP contribution is 2.23. The average molecular weight is 327 g/mol. The SMILES string of the molecule is CCCc1noc(COc2ccc(Br)c(CO)c2)n1. The molecule has 1 aromatic heterocycles. The van der Waals surface area contributed by atoms with Gasteiger partial charge in [0.25, 0.3) is 5.89 Å². The Labute approximate surface area is 119 Å². The topological polar surface area (TPSA) is 68.4 Å². The lowest BCUT2D eigenvalue weighted by Gasteiger charge is -2.06. The van der Waals surface area contributed by atoms with Gasteiger partial charge in [0, 0.05) is 10.9 Å². The van der Waals surface area contributed by atoms with E-state index in [9.17, 15) is 0 Å². The van der Waals surface area contributed by atoms with Gasteiger partial charge >= 0.3 is 0 Å². The van der Waals surface area contributed by atoms with Gasteiger partial charge in [0.1, 0.15) is 5.75 Å². The maximum absolute atomic E-state index is 9.16. The van der Waals surface area contributed by atoms with E-state index in [2.05, 4.69) is 33.0 Å². The molecule has 1 heterocycles. The average Bonchev–Trinajstić information content (AvgIpc) is 2.86. The molecule has 0 aliphatic heterocycles. The monoisotopic (exact) mass is 326 g/mol. The van der Waals surface area contributed by atoms with Gasteiger partial charge in [-0.05, 0) is 30.2 Å². The molecule has 0 unspecified atom stereocenters. The highest BCUT2D eigenvalue weighted by atomic mass is 79.9. The van der Waals surface area contributed by atoms with E-state index in [0.717, 1.165) is 22.9 Å². The summed E-state index contributed by atoms with van der Waals surface area (Å²) in [4.78, 5) is 4.21. The van der Waals surface area contributed by atoms with Crippen molar-refractivity contribution in [2.75, 3.05) is 0 Å². The quantitative estimate of drug-likeness (QED) is 0.883. The molecule has 19 heavy (non-hydrogen) atoms. The predicted octanol–water partition coefficient (Wildman–Crippen LogP) is 2.86. The molecule has 1 aromatic carbocycles. The van der Waals surface area contributed by atoms with Crippen LogP contribution in [0.3, 0.4) is 0 Å². The fourth-order valence-corrected chi connectivity index (χ4v) is 1.95. The van der Waals surface area contributed by atoms with E-state index >= 15 is 0 Å². The van der Waals surface area contributed by atoms with Crippen LogP contribution in [0.5, 0.6) is 5.75 Å². The Morgan fingerprint density at radius 3 is 3.00 bits per heavy atom. The first-order valence-electron chi connectivity index (χ1n) is 6.06. The highest BCUT2D eigenvalue weighted by molar-refractivity contribution is 9.10. The van der Waals surface area contributed by atoms with Crippen molar-refractivity contribution in [3.05, 3.63) is 40.0 Å². The number of hydrogen-bond acceptors (Lipinski definition) is 5. The van der Waals surface area contributed by atoms with Crippen molar-refractivity contribution >= 4 is 15.9 Å². The second-order valence-corrected chi connectivity index (χ2v) is 4.91. The summed E-state index contributed by atoms with van der Waals surface area (Å²) in [5.74, 6) is 1.81. The van der Waals surface area contributed by atoms with Gasteiger partial charge in [0.2, 0.25) is 0 Å². The summed E-state index contributed by atoms with van der Waals surface area (Å²) in [6.07, 6.45) is 1.78. The van der Waals surface area contributed by atoms with E-state index in [1.165, 1.54) is 0 Å². The van der Waals surface area contributed by atoms with Gasteiger partial charge in [-0.25, -0.2) is 0 Å². The number of aromatic nitrogens is 2. The van der Waals surface area contributed by atoms with Gasteiger partial charge in [-0.1, -0.05) is 28.0 Å². The molecule has 0 saturated heterocycles. The highest BCUT2D eigenvalue weighted by Gasteiger charge is 2.07. The predicted molar refractivity (Wildman–Crippen MR) is 72.7 cm³/mol. The molecule has 102 valence electrons. The van der Waals surface area contributed by atoms with Crippen LogP contribution >= 0.6 is 15.9 Å². The molecule has 0 fully saturated rings. The summed E-state index contributed by atoms with van der Waals surface area (Å²) in [7, 11) is 0. The molecule has 0 amide bonds. The molecule has 2 aromatic rings. The fraction of sp³-hybridized carbons (Fsp3) is 0.385. The number of aryl methyl sites for hydroxylation is 1. The van der Waals surface area contributed by atoms with E-state index in [-0.39, 0.29) is 13.2 Å². The second kappa shape index (κ2) is 6.68. The Kier molecular flexibility index (Phi) is 4.93. The van der Waals surface area contributed by atoms with Gasteiger partial charge in [-0.2, -0.15) is 4.98 Å². The smallest absolute Gasteiger partial charge is 0.264 e. The molecule has 0 aliphatic rings. The summed E-state index contributed by atoms with van der Waals surface area (Å²) in [6.45, 7) is 2.24. The molecule has 6 heteroatoms. The van der Waals surface area contributed by atoms with Gasteiger partial charge < -0.3 is 14.4 Å². The number of hydrogen-bond donors (Lipinski definition) is 1. The molecule has 0 aliphatic carbocycles. The Morgan fingerprint density at radius 2 is 2.26 bits per heavy atom. The van der Waals surface area contributed by atoms with Crippen LogP contribution in [0, 0.1) is 0 Å². The lowest BCUT2D eigenvalue weighted by atomic mass is 10.2. The minimum atomic E-state index is -0.0427. The first-order chi connectivity index (χ1) is 9.22. The Morgan fingerprint density at radius 1 is 1.42 bits per heavy atom. The van der Waals surface area contributed by atoms with Crippen molar-refractivity contribution in [2.24, 2.45) is 0 Å². The van der Waals surface area contributed by atoms with Crippen LogP contribution in [0.1, 0.15) is 30.6 Å². The van der Waals surface area contributed by atoms with Crippen molar-refractivity contribution in [2.45, 2.75) is 33.0 Å². The molecule has 1 N–H and O–H groups in total. The third-order valence-corrected chi connectivity index (χ3v) is 3.31. The van der Waals surface area contributed by atoms with Crippen LogP contribution in [0.15, 0.2) is 27.2 Å². The lowest BCUT2D eigenvalue weighted by Crippen LogP contribution is -1.97. The Balaban J connectivity index is 1.97. The first kappa shape index (κ1) is 14.0. The molecule has 5 nitrogen and oxygen atoms in total. The molecule has 0 spiro atoms. The largest absolute Gasteiger partial charge is 0.484 e. The summed E-state index contributed by atoms with van der Waals surface area (Å²) in [5, 5.41) is 13.0. The van der Waals surface area contributed by atoms with Crippen LogP contribution in [0.4, 0.5) is 0 Å². The van der Waals surface area contributed by atoms with Crippen LogP contribution in [-0.2, 0) is 19.6 Å². The van der Waals surface area contributed by atoms with Crippen LogP contribution in [0.25, 0.3) is 0 Å². The van der Waals surface area contributed by atoms with Crippen molar-refractivity contribution in [3.8, 4) is 5.75 Å². The Hall–Kier alpha value is -1.40. The third kappa shape index (κ3) is 3.78. The maximum atomic E-state index is 9.16. The number of aliphatic hydroxyl groups is 1. The van der Waals surface area contributed by atoms with E-state index < -0.39 is 0 Å². The van der Waals surface area contributed by atoms with Gasteiger partial charge in [0.15, 0.2) is 12.4 Å². The van der Waals surface area contributed by atoms with E-state index in [1.54, 1.807) is 6.07 Å². The summed E-state index contributed by atoms with van der Waals surface area (Å²) < 4.78 is 11.5. The second-order valence-electron chi connectivity index (χ2n) is 4.05. The van der Waals surface area contributed by atoms with Gasteiger partial charge in [-0.15, -0.1) is 0 Å². The minimum absolute atomic E-state index is 0.0427. The van der Waals surface area contributed by atoms with E-state index in [4.69, 9.17) is 14.4 Å². The van der Waals surface area contributed by atoms with Crippen LogP contribution in [-0.4, -0.2) is 15.2 Å². The minimum Gasteiger partial charge on any atom is -0.484 e. The molecule has 0 saturated carbocycles. The van der Waals surface area contributed by atoms with E-state index in [0.29, 0.717) is 17.5 Å². The maximum Gasteiger partial charge on any atom is 0.264 e. The summed E-state index contributed by atoms with van der Waals surface area (Å²) >= 11 is 3.35. The van der Waals surface area contributed by atoms with Crippen molar-refractivity contribution in [1.82, 2.24) is 10.1 Å². The van der Waals surface area contributed by atoms with Gasteiger partial charge in [0.05, 0.1) is 6.61 Å². The number of aliphatic hydroxyl groups excluding tert-OH is 1. The molecular formula is C13H15BrN2O3. The van der Waals surface area contributed by atoms with Crippen LogP contribution < -0.4 is 4.74 Å². The number of halogens is 1. The number of rotatable bonds is 6. The van der Waals surface area contributed by atoms with Crippen molar-refractivity contribution in [3.63, 3.8) is 0 Å². The molecule has 0 radical (unpaired) electrons. The summed E-state index contributed by atoms with van der Waals surface area (Å²) in [6, 6.07) is 5.41. The summed E-state index contributed by atoms with van der Waals surface area (Å²) in [5.41, 5.74) is 0.773. The van der Waals surface area contributed by atoms with Gasteiger partial charge in [-0.3, -0.25) is 0 Å². The van der Waals surface area contributed by atoms with Crippen molar-refractivity contribution in [1.29, 1.82) is 0 Å². The van der Waals surface area contributed by atoms with Crippen LogP contribution in [0.2, 0.25) is 0 Å². The first-order valence-corrected chi connectivity index (χ1v) is 6.85.